The van der Waals surface area contributed by atoms with Gasteiger partial charge in [-0.15, -0.1) is 0 Å². The van der Waals surface area contributed by atoms with E-state index in [1.54, 1.807) is 31.2 Å². The number of benzene rings is 1. The summed E-state index contributed by atoms with van der Waals surface area (Å²) in [6, 6.07) is 10.3. The highest BCUT2D eigenvalue weighted by molar-refractivity contribution is 5.93. The number of hydrogen-bond donors (Lipinski definition) is 3. The van der Waals surface area contributed by atoms with Gasteiger partial charge in [-0.2, -0.15) is 5.26 Å². The van der Waals surface area contributed by atoms with E-state index in [-0.39, 0.29) is 35.3 Å². The lowest BCUT2D eigenvalue weighted by atomic mass is 10.2. The standard InChI is InChI=1S/C18H19N5O3/c1-3-26-18-14(9-19)15(20)8-16(23-18)17(25)21-10-12-4-6-13(7-5-12)22-11(2)24/h4-8H,3,10H2,1-2H3,(H2,20,23)(H,21,25)(H,22,24). The molecule has 0 aliphatic carbocycles. The Kier molecular flexibility index (Phi) is 6.11. The largest absolute Gasteiger partial charge is 0.477 e. The van der Waals surface area contributed by atoms with Crippen molar-refractivity contribution < 1.29 is 14.3 Å². The molecule has 2 aromatic rings. The summed E-state index contributed by atoms with van der Waals surface area (Å²) in [6.45, 7) is 3.74. The number of anilines is 2. The molecule has 0 aliphatic heterocycles. The number of rotatable bonds is 6. The van der Waals surface area contributed by atoms with Crippen molar-refractivity contribution in [3.05, 3.63) is 47.2 Å². The summed E-state index contributed by atoms with van der Waals surface area (Å²) in [5, 5.41) is 14.5. The number of aromatic nitrogens is 1. The van der Waals surface area contributed by atoms with Crippen molar-refractivity contribution in [2.24, 2.45) is 0 Å². The monoisotopic (exact) mass is 353 g/mol. The van der Waals surface area contributed by atoms with Crippen LogP contribution in [0.1, 0.15) is 35.5 Å². The van der Waals surface area contributed by atoms with E-state index >= 15 is 0 Å². The van der Waals surface area contributed by atoms with Gasteiger partial charge >= 0.3 is 0 Å². The molecule has 8 heteroatoms. The van der Waals surface area contributed by atoms with E-state index in [2.05, 4.69) is 15.6 Å². The predicted molar refractivity (Wildman–Crippen MR) is 96.4 cm³/mol. The first-order valence-corrected chi connectivity index (χ1v) is 7.92. The molecule has 1 aromatic carbocycles. The lowest BCUT2D eigenvalue weighted by molar-refractivity contribution is -0.114. The van der Waals surface area contributed by atoms with E-state index < -0.39 is 5.91 Å². The molecule has 0 saturated heterocycles. The minimum absolute atomic E-state index is 0.0415. The number of carbonyl (C=O) groups is 2. The fraction of sp³-hybridized carbons (Fsp3) is 0.222. The molecule has 2 rings (SSSR count). The van der Waals surface area contributed by atoms with E-state index in [4.69, 9.17) is 15.7 Å². The molecular weight excluding hydrogens is 334 g/mol. The number of hydrogen-bond acceptors (Lipinski definition) is 6. The number of nitrogens with one attached hydrogen (secondary N) is 2. The third-order valence-corrected chi connectivity index (χ3v) is 3.37. The molecule has 0 bridgehead atoms. The van der Waals surface area contributed by atoms with E-state index in [1.807, 2.05) is 6.07 Å². The maximum Gasteiger partial charge on any atom is 0.270 e. The van der Waals surface area contributed by atoms with Gasteiger partial charge in [0.05, 0.1) is 12.3 Å². The van der Waals surface area contributed by atoms with Crippen molar-refractivity contribution in [1.82, 2.24) is 10.3 Å². The van der Waals surface area contributed by atoms with Crippen molar-refractivity contribution in [1.29, 1.82) is 5.26 Å². The van der Waals surface area contributed by atoms with Gasteiger partial charge in [0, 0.05) is 19.2 Å². The first-order valence-electron chi connectivity index (χ1n) is 7.92. The molecule has 26 heavy (non-hydrogen) atoms. The van der Waals surface area contributed by atoms with Crippen molar-refractivity contribution in [3.8, 4) is 11.9 Å². The van der Waals surface area contributed by atoms with Crippen LogP contribution < -0.4 is 21.1 Å². The molecule has 0 atom stereocenters. The molecule has 8 nitrogen and oxygen atoms in total. The molecule has 0 aliphatic rings. The lowest BCUT2D eigenvalue weighted by Crippen LogP contribution is -2.24. The first kappa shape index (κ1) is 18.7. The molecule has 0 radical (unpaired) electrons. The second-order valence-corrected chi connectivity index (χ2v) is 5.38. The Bertz CT molecular complexity index is 856. The number of amides is 2. The second-order valence-electron chi connectivity index (χ2n) is 5.38. The predicted octanol–water partition coefficient (Wildman–Crippen LogP) is 1.82. The van der Waals surface area contributed by atoms with Crippen LogP contribution in [-0.2, 0) is 11.3 Å². The normalized spacial score (nSPS) is 9.88. The van der Waals surface area contributed by atoms with Crippen LogP contribution in [0.5, 0.6) is 5.88 Å². The van der Waals surface area contributed by atoms with Crippen LogP contribution >= 0.6 is 0 Å². The second kappa shape index (κ2) is 8.48. The van der Waals surface area contributed by atoms with Gasteiger partial charge in [0.15, 0.2) is 0 Å². The van der Waals surface area contributed by atoms with Gasteiger partial charge in [-0.25, -0.2) is 4.98 Å². The van der Waals surface area contributed by atoms with Crippen LogP contribution in [0.4, 0.5) is 11.4 Å². The van der Waals surface area contributed by atoms with Crippen LogP contribution in [0.3, 0.4) is 0 Å². The average molecular weight is 353 g/mol. The van der Waals surface area contributed by atoms with Crippen LogP contribution in [-0.4, -0.2) is 23.4 Å². The molecule has 1 aromatic heterocycles. The Hall–Kier alpha value is -3.60. The summed E-state index contributed by atoms with van der Waals surface area (Å²) in [6.07, 6.45) is 0. The van der Waals surface area contributed by atoms with Crippen LogP contribution in [0.25, 0.3) is 0 Å². The summed E-state index contributed by atoms with van der Waals surface area (Å²) < 4.78 is 5.28. The maximum absolute atomic E-state index is 12.3. The summed E-state index contributed by atoms with van der Waals surface area (Å²) in [7, 11) is 0. The lowest BCUT2D eigenvalue weighted by Gasteiger charge is -2.10. The van der Waals surface area contributed by atoms with E-state index in [0.717, 1.165) is 5.56 Å². The molecule has 1 heterocycles. The maximum atomic E-state index is 12.3. The Balaban J connectivity index is 2.08. The Labute approximate surface area is 151 Å². The zero-order valence-electron chi connectivity index (χ0n) is 14.5. The van der Waals surface area contributed by atoms with E-state index in [9.17, 15) is 9.59 Å². The third-order valence-electron chi connectivity index (χ3n) is 3.37. The highest BCUT2D eigenvalue weighted by Crippen LogP contribution is 2.22. The first-order chi connectivity index (χ1) is 12.4. The summed E-state index contributed by atoms with van der Waals surface area (Å²) >= 11 is 0. The Morgan fingerprint density at radius 3 is 2.58 bits per heavy atom. The number of nitrogens with zero attached hydrogens (tertiary/aromatic N) is 2. The quantitative estimate of drug-likeness (QED) is 0.726. The van der Waals surface area contributed by atoms with E-state index in [1.165, 1.54) is 13.0 Å². The minimum atomic E-state index is -0.437. The summed E-state index contributed by atoms with van der Waals surface area (Å²) in [5.41, 5.74) is 7.64. The Morgan fingerprint density at radius 2 is 2.00 bits per heavy atom. The molecule has 0 spiro atoms. The van der Waals surface area contributed by atoms with Crippen molar-refractivity contribution in [2.75, 3.05) is 17.7 Å². The minimum Gasteiger partial charge on any atom is -0.477 e. The van der Waals surface area contributed by atoms with Gasteiger partial charge in [-0.1, -0.05) is 12.1 Å². The fourth-order valence-electron chi connectivity index (χ4n) is 2.19. The fourth-order valence-corrected chi connectivity index (χ4v) is 2.19. The number of nitrogens with two attached hydrogens (primary N) is 1. The average Bonchev–Trinajstić information content (AvgIpc) is 2.60. The molecule has 0 saturated carbocycles. The highest BCUT2D eigenvalue weighted by Gasteiger charge is 2.16. The molecule has 4 N–H and O–H groups in total. The molecule has 0 unspecified atom stereocenters. The molecule has 2 amide bonds. The molecule has 134 valence electrons. The van der Waals surface area contributed by atoms with Gasteiger partial charge < -0.3 is 21.1 Å². The number of carbonyl (C=O) groups excluding carboxylic acids is 2. The zero-order chi connectivity index (χ0) is 19.1. The number of pyridine rings is 1. The number of ether oxygens (including phenoxy) is 1. The van der Waals surface area contributed by atoms with Crippen molar-refractivity contribution >= 4 is 23.2 Å². The zero-order valence-corrected chi connectivity index (χ0v) is 14.5. The van der Waals surface area contributed by atoms with Crippen molar-refractivity contribution in [3.63, 3.8) is 0 Å². The van der Waals surface area contributed by atoms with Gasteiger partial charge in [0.25, 0.3) is 5.91 Å². The van der Waals surface area contributed by atoms with E-state index in [0.29, 0.717) is 12.3 Å². The smallest absolute Gasteiger partial charge is 0.270 e. The van der Waals surface area contributed by atoms with Gasteiger partial charge in [0.2, 0.25) is 11.8 Å². The van der Waals surface area contributed by atoms with Gasteiger partial charge in [-0.3, -0.25) is 9.59 Å². The molecular formula is C18H19N5O3. The van der Waals surface area contributed by atoms with Crippen LogP contribution in [0.2, 0.25) is 0 Å². The Morgan fingerprint density at radius 1 is 1.31 bits per heavy atom. The van der Waals surface area contributed by atoms with Crippen molar-refractivity contribution in [2.45, 2.75) is 20.4 Å². The SMILES string of the molecule is CCOc1nc(C(=O)NCc2ccc(NC(C)=O)cc2)cc(N)c1C#N. The van der Waals surface area contributed by atoms with Crippen LogP contribution in [0.15, 0.2) is 30.3 Å². The third kappa shape index (κ3) is 4.70. The van der Waals surface area contributed by atoms with Crippen LogP contribution in [0, 0.1) is 11.3 Å². The number of nitrogen functional groups attached to an aromatic ring is 1. The number of nitriles is 1. The summed E-state index contributed by atoms with van der Waals surface area (Å²) in [5.74, 6) is -0.548. The molecule has 0 fully saturated rings. The highest BCUT2D eigenvalue weighted by atomic mass is 16.5. The van der Waals surface area contributed by atoms with Gasteiger partial charge in [0.1, 0.15) is 17.3 Å². The van der Waals surface area contributed by atoms with Gasteiger partial charge in [-0.05, 0) is 30.7 Å². The topological polar surface area (TPSA) is 130 Å². The summed E-state index contributed by atoms with van der Waals surface area (Å²) in [4.78, 5) is 27.4.